The standard InChI is InChI=1S/C14H15ClFN3O/c1-3-17-13-6-9(2)18-14(19-13)8-20-10-4-5-11(15)12(16)7-10/h4-7H,3,8H2,1-2H3,(H,17,18,19). The zero-order valence-corrected chi connectivity index (χ0v) is 12.0. The van der Waals surface area contributed by atoms with Crippen LogP contribution < -0.4 is 10.1 Å². The Labute approximate surface area is 122 Å². The highest BCUT2D eigenvalue weighted by Crippen LogP contribution is 2.21. The predicted octanol–water partition coefficient (Wildman–Crippen LogP) is 3.59. The molecule has 0 aliphatic heterocycles. The molecule has 0 aliphatic carbocycles. The molecule has 20 heavy (non-hydrogen) atoms. The summed E-state index contributed by atoms with van der Waals surface area (Å²) in [4.78, 5) is 8.59. The van der Waals surface area contributed by atoms with Gasteiger partial charge in [0.1, 0.15) is 24.0 Å². The fourth-order valence-corrected chi connectivity index (χ4v) is 1.80. The molecule has 0 atom stereocenters. The summed E-state index contributed by atoms with van der Waals surface area (Å²) >= 11 is 5.61. The Bertz CT molecular complexity index is 607. The van der Waals surface area contributed by atoms with Crippen molar-refractivity contribution in [2.45, 2.75) is 20.5 Å². The van der Waals surface area contributed by atoms with E-state index in [0.717, 1.165) is 18.1 Å². The van der Waals surface area contributed by atoms with Gasteiger partial charge in [-0.25, -0.2) is 14.4 Å². The fraction of sp³-hybridized carbons (Fsp3) is 0.286. The first-order valence-corrected chi connectivity index (χ1v) is 6.62. The van der Waals surface area contributed by atoms with E-state index < -0.39 is 5.82 Å². The van der Waals surface area contributed by atoms with Gasteiger partial charge < -0.3 is 10.1 Å². The molecule has 1 aromatic heterocycles. The maximum atomic E-state index is 13.3. The van der Waals surface area contributed by atoms with E-state index in [2.05, 4.69) is 15.3 Å². The maximum absolute atomic E-state index is 13.3. The van der Waals surface area contributed by atoms with Gasteiger partial charge in [0.25, 0.3) is 0 Å². The Hall–Kier alpha value is -1.88. The number of nitrogens with zero attached hydrogens (tertiary/aromatic N) is 2. The highest BCUT2D eigenvalue weighted by molar-refractivity contribution is 6.30. The topological polar surface area (TPSA) is 47.0 Å². The summed E-state index contributed by atoms with van der Waals surface area (Å²) in [5.74, 6) is 1.17. The lowest BCUT2D eigenvalue weighted by atomic mass is 10.3. The van der Waals surface area contributed by atoms with Crippen molar-refractivity contribution in [2.75, 3.05) is 11.9 Å². The summed E-state index contributed by atoms with van der Waals surface area (Å²) in [7, 11) is 0. The Morgan fingerprint density at radius 2 is 2.10 bits per heavy atom. The molecule has 0 radical (unpaired) electrons. The predicted molar refractivity (Wildman–Crippen MR) is 76.7 cm³/mol. The first-order chi connectivity index (χ1) is 9.58. The van der Waals surface area contributed by atoms with Crippen molar-refractivity contribution in [3.05, 3.63) is 46.6 Å². The Balaban J connectivity index is 2.08. The van der Waals surface area contributed by atoms with Crippen molar-refractivity contribution in [2.24, 2.45) is 0 Å². The lowest BCUT2D eigenvalue weighted by molar-refractivity contribution is 0.294. The molecule has 2 rings (SSSR count). The fourth-order valence-electron chi connectivity index (χ4n) is 1.68. The smallest absolute Gasteiger partial charge is 0.168 e. The molecule has 4 nitrogen and oxygen atoms in total. The van der Waals surface area contributed by atoms with Crippen molar-refractivity contribution < 1.29 is 9.13 Å². The van der Waals surface area contributed by atoms with E-state index in [1.807, 2.05) is 19.9 Å². The summed E-state index contributed by atoms with van der Waals surface area (Å²) < 4.78 is 18.7. The molecule has 0 saturated carbocycles. The van der Waals surface area contributed by atoms with Crippen molar-refractivity contribution in [3.8, 4) is 5.75 Å². The number of benzene rings is 1. The summed E-state index contributed by atoms with van der Waals surface area (Å²) in [5, 5.41) is 3.19. The number of hydrogen-bond acceptors (Lipinski definition) is 4. The molecule has 106 valence electrons. The van der Waals surface area contributed by atoms with Crippen LogP contribution in [0.1, 0.15) is 18.4 Å². The van der Waals surface area contributed by atoms with E-state index in [-0.39, 0.29) is 11.6 Å². The van der Waals surface area contributed by atoms with Gasteiger partial charge in [0.15, 0.2) is 5.82 Å². The van der Waals surface area contributed by atoms with Crippen LogP contribution in [0.5, 0.6) is 5.75 Å². The molecular formula is C14H15ClFN3O. The molecule has 2 aromatic rings. The molecule has 1 heterocycles. The van der Waals surface area contributed by atoms with Crippen LogP contribution in [0, 0.1) is 12.7 Å². The first kappa shape index (κ1) is 14.5. The van der Waals surface area contributed by atoms with E-state index in [4.69, 9.17) is 16.3 Å². The van der Waals surface area contributed by atoms with Crippen LogP contribution in [-0.2, 0) is 6.61 Å². The van der Waals surface area contributed by atoms with Gasteiger partial charge in [0.2, 0.25) is 0 Å². The minimum Gasteiger partial charge on any atom is -0.486 e. The average Bonchev–Trinajstić information content (AvgIpc) is 2.40. The van der Waals surface area contributed by atoms with Crippen LogP contribution in [-0.4, -0.2) is 16.5 Å². The number of hydrogen-bond donors (Lipinski definition) is 1. The average molecular weight is 296 g/mol. The van der Waals surface area contributed by atoms with Crippen molar-refractivity contribution in [3.63, 3.8) is 0 Å². The Morgan fingerprint density at radius 3 is 2.80 bits per heavy atom. The summed E-state index contributed by atoms with van der Waals surface area (Å²) in [6.07, 6.45) is 0. The molecule has 0 fully saturated rings. The summed E-state index contributed by atoms with van der Waals surface area (Å²) in [6.45, 7) is 4.82. The van der Waals surface area contributed by atoms with Gasteiger partial charge in [0.05, 0.1) is 5.02 Å². The minimum atomic E-state index is -0.511. The number of aromatic nitrogens is 2. The Morgan fingerprint density at radius 1 is 1.30 bits per heavy atom. The quantitative estimate of drug-likeness (QED) is 0.916. The second-order valence-electron chi connectivity index (χ2n) is 4.21. The lowest BCUT2D eigenvalue weighted by Crippen LogP contribution is -2.07. The van der Waals surface area contributed by atoms with E-state index in [1.165, 1.54) is 12.1 Å². The zero-order chi connectivity index (χ0) is 14.5. The molecule has 0 saturated heterocycles. The molecule has 6 heteroatoms. The van der Waals surface area contributed by atoms with Gasteiger partial charge in [-0.3, -0.25) is 0 Å². The van der Waals surface area contributed by atoms with Gasteiger partial charge in [-0.05, 0) is 26.0 Å². The molecule has 0 bridgehead atoms. The van der Waals surface area contributed by atoms with Crippen molar-refractivity contribution >= 4 is 17.4 Å². The minimum absolute atomic E-state index is 0.0681. The second-order valence-corrected chi connectivity index (χ2v) is 4.61. The van der Waals surface area contributed by atoms with Crippen molar-refractivity contribution in [1.29, 1.82) is 0 Å². The third kappa shape index (κ3) is 3.81. The van der Waals surface area contributed by atoms with Crippen LogP contribution in [0.25, 0.3) is 0 Å². The third-order valence-corrected chi connectivity index (χ3v) is 2.82. The normalized spacial score (nSPS) is 10.4. The monoisotopic (exact) mass is 295 g/mol. The van der Waals surface area contributed by atoms with Crippen LogP contribution >= 0.6 is 11.6 Å². The molecule has 0 spiro atoms. The molecule has 1 aromatic carbocycles. The molecule has 0 unspecified atom stereocenters. The van der Waals surface area contributed by atoms with Gasteiger partial charge in [-0.1, -0.05) is 11.6 Å². The molecule has 0 amide bonds. The number of anilines is 1. The second kappa shape index (κ2) is 6.52. The molecule has 0 aliphatic rings. The number of nitrogens with one attached hydrogen (secondary N) is 1. The SMILES string of the molecule is CCNc1cc(C)nc(COc2ccc(Cl)c(F)c2)n1. The van der Waals surface area contributed by atoms with Crippen molar-refractivity contribution in [1.82, 2.24) is 9.97 Å². The zero-order valence-electron chi connectivity index (χ0n) is 11.3. The summed E-state index contributed by atoms with van der Waals surface area (Å²) in [6, 6.07) is 6.15. The van der Waals surface area contributed by atoms with Gasteiger partial charge in [-0.15, -0.1) is 0 Å². The van der Waals surface area contributed by atoms with Gasteiger partial charge >= 0.3 is 0 Å². The largest absolute Gasteiger partial charge is 0.486 e. The molecule has 1 N–H and O–H groups in total. The maximum Gasteiger partial charge on any atom is 0.168 e. The van der Waals surface area contributed by atoms with Crippen LogP contribution in [0.3, 0.4) is 0 Å². The highest BCUT2D eigenvalue weighted by Gasteiger charge is 2.05. The van der Waals surface area contributed by atoms with Gasteiger partial charge in [-0.2, -0.15) is 0 Å². The number of aryl methyl sites for hydroxylation is 1. The summed E-state index contributed by atoms with van der Waals surface area (Å²) in [5.41, 5.74) is 0.844. The highest BCUT2D eigenvalue weighted by atomic mass is 35.5. The van der Waals surface area contributed by atoms with E-state index >= 15 is 0 Å². The van der Waals surface area contributed by atoms with E-state index in [1.54, 1.807) is 6.07 Å². The third-order valence-electron chi connectivity index (χ3n) is 2.52. The number of rotatable bonds is 5. The van der Waals surface area contributed by atoms with E-state index in [0.29, 0.717) is 11.6 Å². The molecular weight excluding hydrogens is 281 g/mol. The number of ether oxygens (including phenoxy) is 1. The number of halogens is 2. The first-order valence-electron chi connectivity index (χ1n) is 6.24. The lowest BCUT2D eigenvalue weighted by Gasteiger charge is -2.09. The van der Waals surface area contributed by atoms with E-state index in [9.17, 15) is 4.39 Å². The van der Waals surface area contributed by atoms with Crippen LogP contribution in [0.4, 0.5) is 10.2 Å². The van der Waals surface area contributed by atoms with Gasteiger partial charge in [0, 0.05) is 24.4 Å². The Kier molecular flexibility index (Phi) is 4.74. The van der Waals surface area contributed by atoms with Crippen LogP contribution in [0.2, 0.25) is 5.02 Å². The van der Waals surface area contributed by atoms with Crippen LogP contribution in [0.15, 0.2) is 24.3 Å².